The van der Waals surface area contributed by atoms with Crippen molar-refractivity contribution in [3.05, 3.63) is 83.4 Å². The second-order valence-electron chi connectivity index (χ2n) is 5.78. The maximum absolute atomic E-state index is 12.5. The topological polar surface area (TPSA) is 72.5 Å². The van der Waals surface area contributed by atoms with Crippen molar-refractivity contribution < 1.29 is 17.9 Å². The predicted molar refractivity (Wildman–Crippen MR) is 105 cm³/mol. The number of nitrogens with one attached hydrogen (secondary N) is 1. The van der Waals surface area contributed by atoms with E-state index in [1.54, 1.807) is 48.5 Å². The van der Waals surface area contributed by atoms with E-state index in [2.05, 4.69) is 5.32 Å². The molecule has 27 heavy (non-hydrogen) atoms. The van der Waals surface area contributed by atoms with Gasteiger partial charge in [-0.3, -0.25) is 4.79 Å². The molecule has 3 aromatic rings. The maximum Gasteiger partial charge on any atom is 0.256 e. The minimum atomic E-state index is -3.51. The first-order valence-corrected chi connectivity index (χ1v) is 10.2. The molecule has 0 aliphatic heterocycles. The zero-order valence-electron chi connectivity index (χ0n) is 14.3. The molecule has 0 saturated carbocycles. The Bertz CT molecular complexity index is 1080. The van der Waals surface area contributed by atoms with Crippen molar-refractivity contribution in [2.75, 3.05) is 11.6 Å². The molecule has 0 aromatic heterocycles. The fourth-order valence-corrected chi connectivity index (χ4v) is 3.50. The summed E-state index contributed by atoms with van der Waals surface area (Å²) < 4.78 is 29.4. The summed E-state index contributed by atoms with van der Waals surface area (Å²) in [7, 11) is -3.51. The zero-order valence-corrected chi connectivity index (χ0v) is 15.9. The van der Waals surface area contributed by atoms with Crippen LogP contribution in [-0.4, -0.2) is 20.6 Å². The second-order valence-corrected chi connectivity index (χ2v) is 8.17. The van der Waals surface area contributed by atoms with E-state index in [1.165, 1.54) is 12.1 Å². The average molecular weight is 402 g/mol. The summed E-state index contributed by atoms with van der Waals surface area (Å²) in [5.74, 6) is 0.575. The highest BCUT2D eigenvalue weighted by molar-refractivity contribution is 7.90. The van der Waals surface area contributed by atoms with Crippen molar-refractivity contribution in [1.82, 2.24) is 0 Å². The van der Waals surface area contributed by atoms with Gasteiger partial charge in [0.15, 0.2) is 9.84 Å². The van der Waals surface area contributed by atoms with Crippen molar-refractivity contribution in [2.45, 2.75) is 4.90 Å². The van der Waals surface area contributed by atoms with Crippen molar-refractivity contribution in [3.8, 4) is 11.5 Å². The maximum atomic E-state index is 12.5. The van der Waals surface area contributed by atoms with Crippen LogP contribution >= 0.6 is 11.6 Å². The van der Waals surface area contributed by atoms with Gasteiger partial charge in [0.05, 0.1) is 15.5 Å². The Balaban J connectivity index is 1.76. The lowest BCUT2D eigenvalue weighted by molar-refractivity contribution is 0.102. The molecule has 0 spiro atoms. The van der Waals surface area contributed by atoms with Gasteiger partial charge in [-0.1, -0.05) is 35.9 Å². The Morgan fingerprint density at radius 3 is 2.22 bits per heavy atom. The monoisotopic (exact) mass is 401 g/mol. The van der Waals surface area contributed by atoms with Gasteiger partial charge in [0.1, 0.15) is 11.5 Å². The molecule has 0 aliphatic rings. The van der Waals surface area contributed by atoms with Crippen LogP contribution in [0.3, 0.4) is 0 Å². The summed E-state index contributed by atoms with van der Waals surface area (Å²) in [6.07, 6.45) is 1.07. The van der Waals surface area contributed by atoms with Crippen LogP contribution in [0.4, 0.5) is 5.69 Å². The van der Waals surface area contributed by atoms with Crippen LogP contribution in [-0.2, 0) is 9.84 Å². The Morgan fingerprint density at radius 2 is 1.56 bits per heavy atom. The highest BCUT2D eigenvalue weighted by Crippen LogP contribution is 2.29. The number of para-hydroxylation sites is 1. The second kappa shape index (κ2) is 7.82. The minimum absolute atomic E-state index is 0.0128. The average Bonchev–Trinajstić information content (AvgIpc) is 2.64. The largest absolute Gasteiger partial charge is 0.456 e. The minimum Gasteiger partial charge on any atom is -0.456 e. The van der Waals surface area contributed by atoms with E-state index in [0.29, 0.717) is 22.2 Å². The number of carbonyl (C=O) groups is 1. The first-order chi connectivity index (χ1) is 12.8. The van der Waals surface area contributed by atoms with Crippen LogP contribution in [0.5, 0.6) is 11.5 Å². The summed E-state index contributed by atoms with van der Waals surface area (Å²) in [6, 6.07) is 19.9. The van der Waals surface area contributed by atoms with E-state index in [-0.39, 0.29) is 10.5 Å². The van der Waals surface area contributed by atoms with Crippen LogP contribution in [0.2, 0.25) is 5.02 Å². The number of sulfone groups is 1. The molecule has 138 valence electrons. The fraction of sp³-hybridized carbons (Fsp3) is 0.0500. The van der Waals surface area contributed by atoms with Gasteiger partial charge >= 0.3 is 0 Å². The number of halogens is 1. The highest BCUT2D eigenvalue weighted by Gasteiger charge is 2.18. The molecule has 7 heteroatoms. The van der Waals surface area contributed by atoms with Gasteiger partial charge in [-0.2, -0.15) is 0 Å². The van der Waals surface area contributed by atoms with Gasteiger partial charge < -0.3 is 10.1 Å². The molecule has 0 fully saturated rings. The Morgan fingerprint density at radius 1 is 0.926 bits per heavy atom. The Hall–Kier alpha value is -2.83. The Labute approximate surface area is 162 Å². The van der Waals surface area contributed by atoms with E-state index in [1.807, 2.05) is 12.1 Å². The molecule has 1 N–H and O–H groups in total. The third-order valence-electron chi connectivity index (χ3n) is 3.71. The van der Waals surface area contributed by atoms with Crippen molar-refractivity contribution in [3.63, 3.8) is 0 Å². The van der Waals surface area contributed by atoms with Crippen molar-refractivity contribution >= 4 is 33.0 Å². The molecule has 5 nitrogen and oxygen atoms in total. The molecule has 0 saturated heterocycles. The predicted octanol–water partition coefficient (Wildman–Crippen LogP) is 4.79. The van der Waals surface area contributed by atoms with E-state index in [4.69, 9.17) is 16.3 Å². The van der Waals surface area contributed by atoms with Gasteiger partial charge in [0.2, 0.25) is 0 Å². The summed E-state index contributed by atoms with van der Waals surface area (Å²) in [5.41, 5.74) is 0.603. The van der Waals surface area contributed by atoms with E-state index in [9.17, 15) is 13.2 Å². The number of carbonyl (C=O) groups excluding carboxylic acids is 1. The van der Waals surface area contributed by atoms with Crippen LogP contribution in [0.15, 0.2) is 77.7 Å². The van der Waals surface area contributed by atoms with Crippen LogP contribution in [0, 0.1) is 0 Å². The molecular formula is C20H16ClNO4S. The van der Waals surface area contributed by atoms with Gasteiger partial charge in [-0.05, 0) is 48.5 Å². The lowest BCUT2D eigenvalue weighted by Crippen LogP contribution is -2.15. The van der Waals surface area contributed by atoms with Gasteiger partial charge in [0, 0.05) is 11.9 Å². The van der Waals surface area contributed by atoms with Gasteiger partial charge in [0.25, 0.3) is 5.91 Å². The highest BCUT2D eigenvalue weighted by atomic mass is 35.5. The first kappa shape index (κ1) is 18.9. The van der Waals surface area contributed by atoms with Gasteiger partial charge in [-0.15, -0.1) is 0 Å². The normalized spacial score (nSPS) is 11.0. The summed E-state index contributed by atoms with van der Waals surface area (Å²) in [4.78, 5) is 12.5. The molecule has 0 bridgehead atoms. The van der Waals surface area contributed by atoms with Crippen LogP contribution in [0.1, 0.15) is 10.4 Å². The zero-order chi connectivity index (χ0) is 19.4. The molecule has 1 amide bonds. The fourth-order valence-electron chi connectivity index (χ4n) is 2.44. The SMILES string of the molecule is CS(=O)(=O)c1ccccc1C(=O)Nc1ccc(Oc2ccccc2Cl)cc1. The van der Waals surface area contributed by atoms with E-state index >= 15 is 0 Å². The standard InChI is InChI=1S/C20H16ClNO4S/c1-27(24,25)19-9-5-2-6-16(19)20(23)22-14-10-12-15(13-11-14)26-18-8-4-3-7-17(18)21/h2-13H,1H3,(H,22,23). The van der Waals surface area contributed by atoms with Crippen molar-refractivity contribution in [2.24, 2.45) is 0 Å². The first-order valence-electron chi connectivity index (χ1n) is 7.97. The van der Waals surface area contributed by atoms with Crippen LogP contribution < -0.4 is 10.1 Å². The summed E-state index contributed by atoms with van der Waals surface area (Å²) >= 11 is 6.06. The molecule has 0 aliphatic carbocycles. The number of ether oxygens (including phenoxy) is 1. The quantitative estimate of drug-likeness (QED) is 0.667. The third kappa shape index (κ3) is 4.67. The number of hydrogen-bond donors (Lipinski definition) is 1. The van der Waals surface area contributed by atoms with E-state index in [0.717, 1.165) is 6.26 Å². The third-order valence-corrected chi connectivity index (χ3v) is 5.17. The molecule has 0 unspecified atom stereocenters. The smallest absolute Gasteiger partial charge is 0.256 e. The van der Waals surface area contributed by atoms with Crippen LogP contribution in [0.25, 0.3) is 0 Å². The number of anilines is 1. The molecule has 3 aromatic carbocycles. The molecule has 0 heterocycles. The molecule has 3 rings (SSSR count). The lowest BCUT2D eigenvalue weighted by atomic mass is 10.2. The summed E-state index contributed by atoms with van der Waals surface area (Å²) in [5, 5.41) is 3.18. The number of rotatable bonds is 5. The van der Waals surface area contributed by atoms with E-state index < -0.39 is 15.7 Å². The Kier molecular flexibility index (Phi) is 5.48. The van der Waals surface area contributed by atoms with Gasteiger partial charge in [-0.25, -0.2) is 8.42 Å². The molecular weight excluding hydrogens is 386 g/mol. The number of amides is 1. The summed E-state index contributed by atoms with van der Waals surface area (Å²) in [6.45, 7) is 0. The lowest BCUT2D eigenvalue weighted by Gasteiger charge is -2.10. The number of hydrogen-bond acceptors (Lipinski definition) is 4. The number of benzene rings is 3. The van der Waals surface area contributed by atoms with Crippen molar-refractivity contribution in [1.29, 1.82) is 0 Å². The molecule has 0 atom stereocenters. The molecule has 0 radical (unpaired) electrons.